The number of halogens is 1. The van der Waals surface area contributed by atoms with E-state index in [2.05, 4.69) is 0 Å². The molecule has 5 nitrogen and oxygen atoms in total. The molecule has 0 bridgehead atoms. The number of carboxylic acids is 1. The predicted octanol–water partition coefficient (Wildman–Crippen LogP) is 4.86. The molecule has 30 heavy (non-hydrogen) atoms. The fourth-order valence-electron chi connectivity index (χ4n) is 3.13. The normalized spacial score (nSPS) is 15.4. The second-order valence-corrected chi connectivity index (χ2v) is 9.40. The van der Waals surface area contributed by atoms with Crippen LogP contribution in [0.2, 0.25) is 0 Å². The molecule has 0 unspecified atom stereocenters. The molecule has 3 rings (SSSR count). The van der Waals surface area contributed by atoms with Crippen LogP contribution in [0.25, 0.3) is 17.2 Å². The summed E-state index contributed by atoms with van der Waals surface area (Å²) in [7, 11) is 0. The smallest absolute Gasteiger partial charge is 0.303 e. The molecule has 0 spiro atoms. The largest absolute Gasteiger partial charge is 0.481 e. The molecule has 3 N–H and O–H groups in total. The molecule has 1 fully saturated rings. The second-order valence-electron chi connectivity index (χ2n) is 6.78. The maximum Gasteiger partial charge on any atom is 0.303 e. The number of nitrogens with two attached hydrogens (primary N) is 1. The van der Waals surface area contributed by atoms with Gasteiger partial charge in [-0.1, -0.05) is 36.5 Å². The van der Waals surface area contributed by atoms with Crippen molar-refractivity contribution in [3.63, 3.8) is 0 Å². The third-order valence-corrected chi connectivity index (χ3v) is 6.89. The Hall–Kier alpha value is -2.07. The molecular weight excluding hydrogens is 443 g/mol. The number of thiophene rings is 1. The number of hydrogen-bond acceptors (Lipinski definition) is 6. The van der Waals surface area contributed by atoms with E-state index in [0.29, 0.717) is 28.6 Å². The van der Waals surface area contributed by atoms with Gasteiger partial charge in [0.25, 0.3) is 5.91 Å². The minimum Gasteiger partial charge on any atom is -0.481 e. The summed E-state index contributed by atoms with van der Waals surface area (Å²) < 4.78 is 14.0. The van der Waals surface area contributed by atoms with E-state index in [9.17, 15) is 14.0 Å². The number of aliphatic carboxylic acids is 1. The van der Waals surface area contributed by atoms with Gasteiger partial charge in [-0.2, -0.15) is 0 Å². The Morgan fingerprint density at radius 3 is 2.80 bits per heavy atom. The fourth-order valence-corrected chi connectivity index (χ4v) is 5.34. The number of thiocarbonyl (C=S) groups is 1. The van der Waals surface area contributed by atoms with Gasteiger partial charge >= 0.3 is 5.97 Å². The fraction of sp³-hybridized carbons (Fsp3) is 0.286. The average molecular weight is 465 g/mol. The minimum absolute atomic E-state index is 0.123. The summed E-state index contributed by atoms with van der Waals surface area (Å²) in [5.41, 5.74) is 8.29. The van der Waals surface area contributed by atoms with Crippen molar-refractivity contribution in [2.45, 2.75) is 32.2 Å². The van der Waals surface area contributed by atoms with E-state index in [1.165, 1.54) is 35.2 Å². The first-order valence-corrected chi connectivity index (χ1v) is 11.5. The van der Waals surface area contributed by atoms with Crippen LogP contribution < -0.4 is 5.73 Å². The standard InChI is InChI=1S/C21H21FN2O3S3/c22-15-5-6-17(13(8-15)11-23)14-9-16(29-12-14)10-18-20(27)24(21(28)30-18)7-3-1-2-4-19(25)26/h5-6,8-10,12H,1-4,7,11,23H2,(H,25,26)/b18-10-. The molecule has 0 saturated carbocycles. The van der Waals surface area contributed by atoms with Crippen molar-refractivity contribution < 1.29 is 19.1 Å². The van der Waals surface area contributed by atoms with Crippen LogP contribution in [-0.2, 0) is 16.1 Å². The number of nitrogens with zero attached hydrogens (tertiary/aromatic N) is 1. The van der Waals surface area contributed by atoms with Crippen LogP contribution >= 0.6 is 35.3 Å². The maximum absolute atomic E-state index is 13.5. The van der Waals surface area contributed by atoms with E-state index in [4.69, 9.17) is 23.1 Å². The highest BCUT2D eigenvalue weighted by Gasteiger charge is 2.31. The van der Waals surface area contributed by atoms with Crippen molar-refractivity contribution in [2.75, 3.05) is 6.54 Å². The van der Waals surface area contributed by atoms with Crippen molar-refractivity contribution in [3.05, 3.63) is 50.8 Å². The summed E-state index contributed by atoms with van der Waals surface area (Å²) in [6.45, 7) is 0.732. The highest BCUT2D eigenvalue weighted by Crippen LogP contribution is 2.35. The van der Waals surface area contributed by atoms with Crippen molar-refractivity contribution in [1.29, 1.82) is 0 Å². The molecule has 158 valence electrons. The molecule has 9 heteroatoms. The number of benzene rings is 1. The lowest BCUT2D eigenvalue weighted by Gasteiger charge is -2.13. The molecule has 0 radical (unpaired) electrons. The van der Waals surface area contributed by atoms with E-state index < -0.39 is 5.97 Å². The lowest BCUT2D eigenvalue weighted by molar-refractivity contribution is -0.137. The first-order chi connectivity index (χ1) is 14.4. The zero-order valence-electron chi connectivity index (χ0n) is 16.1. The van der Waals surface area contributed by atoms with Gasteiger partial charge in [0.15, 0.2) is 0 Å². The van der Waals surface area contributed by atoms with Crippen molar-refractivity contribution in [3.8, 4) is 11.1 Å². The van der Waals surface area contributed by atoms with Gasteiger partial charge in [0.2, 0.25) is 0 Å². The Kier molecular flexibility index (Phi) is 7.76. The van der Waals surface area contributed by atoms with Crippen molar-refractivity contribution in [1.82, 2.24) is 4.90 Å². The van der Waals surface area contributed by atoms with Gasteiger partial charge in [-0.3, -0.25) is 14.5 Å². The molecule has 1 saturated heterocycles. The van der Waals surface area contributed by atoms with Crippen LogP contribution in [-0.4, -0.2) is 32.7 Å². The molecule has 1 aromatic carbocycles. The van der Waals surface area contributed by atoms with Crippen LogP contribution in [0.5, 0.6) is 0 Å². The summed E-state index contributed by atoms with van der Waals surface area (Å²) in [5.74, 6) is -1.25. The SMILES string of the molecule is NCc1cc(F)ccc1-c1csc(/C=C2\SC(=S)N(CCCCCC(=O)O)C2=O)c1. The summed E-state index contributed by atoms with van der Waals surface area (Å²) in [6, 6.07) is 6.52. The molecule has 1 amide bonds. The van der Waals surface area contributed by atoms with E-state index in [1.807, 2.05) is 17.5 Å². The van der Waals surface area contributed by atoms with E-state index in [1.54, 1.807) is 11.0 Å². The minimum atomic E-state index is -0.807. The average Bonchev–Trinajstić information content (AvgIpc) is 3.27. The highest BCUT2D eigenvalue weighted by atomic mass is 32.2. The predicted molar refractivity (Wildman–Crippen MR) is 124 cm³/mol. The van der Waals surface area contributed by atoms with Gasteiger partial charge in [-0.15, -0.1) is 11.3 Å². The first-order valence-electron chi connectivity index (χ1n) is 9.43. The monoisotopic (exact) mass is 464 g/mol. The molecule has 1 aromatic heterocycles. The first kappa shape index (κ1) is 22.6. The quantitative estimate of drug-likeness (QED) is 0.313. The van der Waals surface area contributed by atoms with Gasteiger partial charge in [0, 0.05) is 24.4 Å². The van der Waals surface area contributed by atoms with E-state index >= 15 is 0 Å². The summed E-state index contributed by atoms with van der Waals surface area (Å²) in [6.07, 6.45) is 4.00. The summed E-state index contributed by atoms with van der Waals surface area (Å²) in [4.78, 5) is 26.3. The summed E-state index contributed by atoms with van der Waals surface area (Å²) >= 11 is 8.11. The molecule has 1 aliphatic rings. The number of amides is 1. The zero-order chi connectivity index (χ0) is 21.7. The van der Waals surface area contributed by atoms with Crippen LogP contribution in [0.4, 0.5) is 4.39 Å². The van der Waals surface area contributed by atoms with Gasteiger partial charge in [0.1, 0.15) is 10.1 Å². The van der Waals surface area contributed by atoms with Crippen LogP contribution in [0.3, 0.4) is 0 Å². The van der Waals surface area contributed by atoms with Gasteiger partial charge in [-0.05, 0) is 59.2 Å². The van der Waals surface area contributed by atoms with E-state index in [0.717, 1.165) is 28.0 Å². The Morgan fingerprint density at radius 2 is 2.07 bits per heavy atom. The Morgan fingerprint density at radius 1 is 1.27 bits per heavy atom. The Bertz CT molecular complexity index is 1000. The van der Waals surface area contributed by atoms with Crippen LogP contribution in [0, 0.1) is 5.82 Å². The maximum atomic E-state index is 13.5. The zero-order valence-corrected chi connectivity index (χ0v) is 18.5. The molecule has 0 atom stereocenters. The van der Waals surface area contributed by atoms with Crippen LogP contribution in [0.15, 0.2) is 34.6 Å². The topological polar surface area (TPSA) is 83.6 Å². The lowest BCUT2D eigenvalue weighted by Crippen LogP contribution is -2.29. The van der Waals surface area contributed by atoms with Gasteiger partial charge in [-0.25, -0.2) is 4.39 Å². The van der Waals surface area contributed by atoms with Gasteiger partial charge in [0.05, 0.1) is 4.91 Å². The molecule has 2 aromatic rings. The third kappa shape index (κ3) is 5.54. The van der Waals surface area contributed by atoms with Crippen molar-refractivity contribution >= 4 is 57.6 Å². The van der Waals surface area contributed by atoms with E-state index in [-0.39, 0.29) is 24.7 Å². The third-order valence-electron chi connectivity index (χ3n) is 4.64. The molecular formula is C21H21FN2O3S3. The number of carbonyl (C=O) groups excluding carboxylic acids is 1. The number of rotatable bonds is 9. The summed E-state index contributed by atoms with van der Waals surface area (Å²) in [5, 5.41) is 10.6. The molecule has 1 aliphatic heterocycles. The number of unbranched alkanes of at least 4 members (excludes halogenated alkanes) is 2. The number of hydrogen-bond donors (Lipinski definition) is 2. The molecule has 0 aliphatic carbocycles. The molecule has 2 heterocycles. The Balaban J connectivity index is 1.67. The van der Waals surface area contributed by atoms with Crippen molar-refractivity contribution in [2.24, 2.45) is 5.73 Å². The number of carboxylic acid groups (broad SMARTS) is 1. The number of thioether (sulfide) groups is 1. The second kappa shape index (κ2) is 10.3. The Labute approximate surface area is 187 Å². The number of carbonyl (C=O) groups is 2. The lowest BCUT2D eigenvalue weighted by atomic mass is 10.0. The van der Waals surface area contributed by atoms with Gasteiger partial charge < -0.3 is 10.8 Å². The van der Waals surface area contributed by atoms with Crippen LogP contribution in [0.1, 0.15) is 36.1 Å². The highest BCUT2D eigenvalue weighted by molar-refractivity contribution is 8.26.